The number of carbonyl (C=O) groups excluding carboxylic acids is 2. The Labute approximate surface area is 182 Å². The van der Waals surface area contributed by atoms with Crippen molar-refractivity contribution < 1.29 is 22.7 Å². The second-order valence-corrected chi connectivity index (χ2v) is 8.69. The molecule has 9 heteroatoms. The lowest BCUT2D eigenvalue weighted by atomic mass is 9.98. The van der Waals surface area contributed by atoms with Crippen molar-refractivity contribution in [3.05, 3.63) is 87.9 Å². The predicted octanol–water partition coefficient (Wildman–Crippen LogP) is 3.59. The van der Waals surface area contributed by atoms with Gasteiger partial charge in [-0.15, -0.1) is 0 Å². The number of halogens is 1. The van der Waals surface area contributed by atoms with Crippen LogP contribution in [0.2, 0.25) is 0 Å². The first-order valence-corrected chi connectivity index (χ1v) is 11.0. The number of nitrogens with two attached hydrogens (primary N) is 1. The first-order valence-electron chi connectivity index (χ1n) is 8.62. The van der Waals surface area contributed by atoms with E-state index in [2.05, 4.69) is 21.2 Å². The third kappa shape index (κ3) is 4.76. The number of hydrogen-bond donors (Lipinski definition) is 2. The molecule has 0 saturated heterocycles. The highest BCUT2D eigenvalue weighted by Gasteiger charge is 2.20. The van der Waals surface area contributed by atoms with Gasteiger partial charge in [0.1, 0.15) is 10.6 Å². The molecule has 3 N–H and O–H groups in total. The zero-order valence-electron chi connectivity index (χ0n) is 15.8. The Hall–Kier alpha value is -3.01. The fourth-order valence-electron chi connectivity index (χ4n) is 2.81. The van der Waals surface area contributed by atoms with Crippen molar-refractivity contribution in [3.8, 4) is 5.75 Å². The fraction of sp³-hybridized carbons (Fsp3) is 0.0476. The van der Waals surface area contributed by atoms with Crippen LogP contribution >= 0.6 is 15.9 Å². The van der Waals surface area contributed by atoms with E-state index in [1.807, 2.05) is 0 Å². The van der Waals surface area contributed by atoms with Gasteiger partial charge >= 0.3 is 0 Å². The van der Waals surface area contributed by atoms with Gasteiger partial charge in [0.05, 0.1) is 12.7 Å². The molecule has 30 heavy (non-hydrogen) atoms. The molecule has 0 saturated carbocycles. The summed E-state index contributed by atoms with van der Waals surface area (Å²) in [5, 5.41) is 7.82. The molecule has 0 aliphatic carbocycles. The third-order valence-corrected chi connectivity index (χ3v) is 5.71. The van der Waals surface area contributed by atoms with Crippen LogP contribution in [0.25, 0.3) is 0 Å². The lowest BCUT2D eigenvalue weighted by molar-refractivity contribution is 0.0996. The molecule has 0 spiro atoms. The molecule has 0 aliphatic heterocycles. The van der Waals surface area contributed by atoms with Gasteiger partial charge in [0.2, 0.25) is 10.0 Å². The van der Waals surface area contributed by atoms with Crippen molar-refractivity contribution in [2.45, 2.75) is 4.90 Å². The minimum Gasteiger partial charge on any atom is -0.495 e. The molecule has 154 valence electrons. The molecule has 0 radical (unpaired) electrons. The number of ketones is 1. The Morgan fingerprint density at radius 1 is 0.967 bits per heavy atom. The van der Waals surface area contributed by atoms with Crippen LogP contribution in [-0.4, -0.2) is 27.2 Å². The molecule has 0 fully saturated rings. The van der Waals surface area contributed by atoms with Crippen LogP contribution in [0, 0.1) is 0 Å². The number of hydrogen-bond acceptors (Lipinski definition) is 5. The summed E-state index contributed by atoms with van der Waals surface area (Å²) < 4.78 is 29.4. The number of ether oxygens (including phenoxy) is 1. The molecular weight excluding hydrogens is 472 g/mol. The van der Waals surface area contributed by atoms with Crippen molar-refractivity contribution in [2.75, 3.05) is 12.4 Å². The Morgan fingerprint density at radius 2 is 1.60 bits per heavy atom. The summed E-state index contributed by atoms with van der Waals surface area (Å²) in [7, 11) is -2.75. The lowest BCUT2D eigenvalue weighted by Crippen LogP contribution is -2.18. The molecule has 0 aromatic heterocycles. The van der Waals surface area contributed by atoms with Gasteiger partial charge in [-0.05, 0) is 48.5 Å². The quantitative estimate of drug-likeness (QED) is 0.514. The molecule has 3 rings (SSSR count). The smallest absolute Gasteiger partial charge is 0.256 e. The van der Waals surface area contributed by atoms with E-state index in [-0.39, 0.29) is 33.2 Å². The number of sulfonamides is 1. The summed E-state index contributed by atoms with van der Waals surface area (Å²) in [6, 6.07) is 17.2. The van der Waals surface area contributed by atoms with E-state index in [1.54, 1.807) is 42.5 Å². The molecule has 0 bridgehead atoms. The Kier molecular flexibility index (Phi) is 6.35. The van der Waals surface area contributed by atoms with E-state index in [0.29, 0.717) is 5.56 Å². The fourth-order valence-corrected chi connectivity index (χ4v) is 3.80. The molecule has 0 aliphatic rings. The van der Waals surface area contributed by atoms with Crippen molar-refractivity contribution in [3.63, 3.8) is 0 Å². The lowest BCUT2D eigenvalue weighted by Gasteiger charge is -2.12. The highest BCUT2D eigenvalue weighted by Crippen LogP contribution is 2.27. The van der Waals surface area contributed by atoms with Crippen LogP contribution in [0.5, 0.6) is 5.75 Å². The van der Waals surface area contributed by atoms with Crippen LogP contribution in [0.15, 0.2) is 76.1 Å². The van der Waals surface area contributed by atoms with Gasteiger partial charge in [-0.2, -0.15) is 0 Å². The van der Waals surface area contributed by atoms with Gasteiger partial charge in [-0.25, -0.2) is 13.6 Å². The topological polar surface area (TPSA) is 116 Å². The maximum atomic E-state index is 12.9. The largest absolute Gasteiger partial charge is 0.495 e. The number of nitrogens with one attached hydrogen (secondary N) is 1. The Morgan fingerprint density at radius 3 is 2.20 bits per heavy atom. The number of methoxy groups -OCH3 is 1. The third-order valence-electron chi connectivity index (χ3n) is 4.25. The van der Waals surface area contributed by atoms with Crippen molar-refractivity contribution >= 4 is 43.3 Å². The van der Waals surface area contributed by atoms with Gasteiger partial charge < -0.3 is 10.1 Å². The van der Waals surface area contributed by atoms with Gasteiger partial charge in [0.15, 0.2) is 5.78 Å². The molecule has 0 unspecified atom stereocenters. The molecule has 1 amide bonds. The van der Waals surface area contributed by atoms with Gasteiger partial charge in [-0.3, -0.25) is 9.59 Å². The van der Waals surface area contributed by atoms with Crippen molar-refractivity contribution in [2.24, 2.45) is 5.14 Å². The van der Waals surface area contributed by atoms with Gasteiger partial charge in [0.25, 0.3) is 5.91 Å². The number of amides is 1. The number of rotatable bonds is 6. The maximum Gasteiger partial charge on any atom is 0.256 e. The molecule has 3 aromatic rings. The normalized spacial score (nSPS) is 11.0. The van der Waals surface area contributed by atoms with Crippen LogP contribution in [0.1, 0.15) is 26.3 Å². The van der Waals surface area contributed by atoms with Crippen molar-refractivity contribution in [1.82, 2.24) is 0 Å². The van der Waals surface area contributed by atoms with Gasteiger partial charge in [0, 0.05) is 21.3 Å². The van der Waals surface area contributed by atoms with Crippen LogP contribution < -0.4 is 15.2 Å². The van der Waals surface area contributed by atoms with E-state index in [9.17, 15) is 18.0 Å². The second-order valence-electron chi connectivity index (χ2n) is 6.25. The Balaban J connectivity index is 1.94. The van der Waals surface area contributed by atoms with E-state index < -0.39 is 15.9 Å². The monoisotopic (exact) mass is 488 g/mol. The second kappa shape index (κ2) is 8.78. The number of benzene rings is 3. The molecular formula is C21H17BrN2O5S. The summed E-state index contributed by atoms with van der Waals surface area (Å²) in [5.74, 6) is -0.823. The minimum atomic E-state index is -4.06. The summed E-state index contributed by atoms with van der Waals surface area (Å²) in [6.45, 7) is 0. The summed E-state index contributed by atoms with van der Waals surface area (Å²) >= 11 is 3.32. The van der Waals surface area contributed by atoms with Crippen LogP contribution in [0.3, 0.4) is 0 Å². The van der Waals surface area contributed by atoms with E-state index in [1.165, 1.54) is 31.4 Å². The summed E-state index contributed by atoms with van der Waals surface area (Å²) in [4.78, 5) is 25.5. The van der Waals surface area contributed by atoms with Crippen LogP contribution in [-0.2, 0) is 10.0 Å². The number of anilines is 1. The first-order chi connectivity index (χ1) is 14.2. The van der Waals surface area contributed by atoms with E-state index in [4.69, 9.17) is 9.88 Å². The standard InChI is InChI=1S/C21H17BrN2O5S/c1-29-18-11-10-15(12-19(18)30(23,27)28)24-21(26)17-5-3-2-4-16(17)20(25)13-6-8-14(22)9-7-13/h2-12H,1H3,(H,24,26)(H2,23,27,28). The SMILES string of the molecule is COc1ccc(NC(=O)c2ccccc2C(=O)c2ccc(Br)cc2)cc1S(N)(=O)=O. The summed E-state index contributed by atoms with van der Waals surface area (Å²) in [6.07, 6.45) is 0. The van der Waals surface area contributed by atoms with E-state index >= 15 is 0 Å². The number of carbonyl (C=O) groups is 2. The highest BCUT2D eigenvalue weighted by molar-refractivity contribution is 9.10. The van der Waals surface area contributed by atoms with Crippen LogP contribution in [0.4, 0.5) is 5.69 Å². The molecule has 3 aromatic carbocycles. The first kappa shape index (κ1) is 21.7. The predicted molar refractivity (Wildman–Crippen MR) is 116 cm³/mol. The molecule has 0 heterocycles. The highest BCUT2D eigenvalue weighted by atomic mass is 79.9. The zero-order valence-corrected chi connectivity index (χ0v) is 18.2. The Bertz CT molecular complexity index is 1220. The van der Waals surface area contributed by atoms with E-state index in [0.717, 1.165) is 4.47 Å². The summed E-state index contributed by atoms with van der Waals surface area (Å²) in [5.41, 5.74) is 0.992. The maximum absolute atomic E-state index is 12.9. The number of primary sulfonamides is 1. The van der Waals surface area contributed by atoms with Gasteiger partial charge in [-0.1, -0.05) is 34.1 Å². The molecule has 0 atom stereocenters. The van der Waals surface area contributed by atoms with Crippen molar-refractivity contribution in [1.29, 1.82) is 0 Å². The average molecular weight is 489 g/mol. The average Bonchev–Trinajstić information content (AvgIpc) is 2.73. The zero-order chi connectivity index (χ0) is 21.9. The molecule has 7 nitrogen and oxygen atoms in total. The minimum absolute atomic E-state index is 0.0568.